The molecule has 32 heavy (non-hydrogen) atoms. The van der Waals surface area contributed by atoms with E-state index < -0.39 is 29.2 Å². The van der Waals surface area contributed by atoms with Crippen LogP contribution in [0.3, 0.4) is 0 Å². The van der Waals surface area contributed by atoms with Gasteiger partial charge in [0.15, 0.2) is 0 Å². The number of carbonyl (C=O) groups excluding carboxylic acids is 1. The van der Waals surface area contributed by atoms with Crippen molar-refractivity contribution in [2.75, 3.05) is 25.0 Å². The monoisotopic (exact) mass is 516 g/mol. The third-order valence-electron chi connectivity index (χ3n) is 6.08. The summed E-state index contributed by atoms with van der Waals surface area (Å²) in [4.78, 5) is 14.1. The van der Waals surface area contributed by atoms with Crippen molar-refractivity contribution in [3.8, 4) is 5.75 Å². The molecule has 2 aromatic carbocycles. The Morgan fingerprint density at radius 2 is 1.97 bits per heavy atom. The van der Waals surface area contributed by atoms with Gasteiger partial charge in [-0.15, -0.1) is 0 Å². The van der Waals surface area contributed by atoms with Crippen molar-refractivity contribution in [1.82, 2.24) is 4.90 Å². The van der Waals surface area contributed by atoms with Crippen LogP contribution in [0.15, 0.2) is 40.9 Å². The molecule has 10 heteroatoms. The van der Waals surface area contributed by atoms with E-state index in [9.17, 15) is 27.5 Å². The van der Waals surface area contributed by atoms with Crippen LogP contribution in [-0.2, 0) is 6.18 Å². The summed E-state index contributed by atoms with van der Waals surface area (Å²) in [6, 6.07) is 7.48. The molecule has 4 rings (SSSR count). The molecular formula is C22H21BrF4N2O3. The van der Waals surface area contributed by atoms with E-state index in [0.29, 0.717) is 50.2 Å². The molecule has 0 bridgehead atoms. The second-order valence-corrected chi connectivity index (χ2v) is 8.99. The highest BCUT2D eigenvalue weighted by molar-refractivity contribution is 9.10. The van der Waals surface area contributed by atoms with Gasteiger partial charge >= 0.3 is 12.2 Å². The highest BCUT2D eigenvalue weighted by atomic mass is 79.9. The van der Waals surface area contributed by atoms with Crippen molar-refractivity contribution in [2.45, 2.75) is 37.0 Å². The fourth-order valence-corrected chi connectivity index (χ4v) is 4.85. The zero-order valence-electron chi connectivity index (χ0n) is 16.9. The van der Waals surface area contributed by atoms with Crippen LogP contribution in [0.4, 0.5) is 28.0 Å². The van der Waals surface area contributed by atoms with Gasteiger partial charge in [-0.05, 0) is 46.6 Å². The first-order valence-electron chi connectivity index (χ1n) is 10.1. The van der Waals surface area contributed by atoms with Gasteiger partial charge in [-0.3, -0.25) is 0 Å². The predicted octanol–water partition coefficient (Wildman–Crippen LogP) is 5.53. The van der Waals surface area contributed by atoms with Crippen molar-refractivity contribution < 1.29 is 32.2 Å². The number of nitrogens with one attached hydrogen (secondary N) is 1. The average molecular weight is 517 g/mol. The average Bonchev–Trinajstić information content (AvgIpc) is 2.73. The molecular weight excluding hydrogens is 496 g/mol. The molecule has 2 N–H and O–H groups in total. The minimum absolute atomic E-state index is 0.0156. The first-order valence-corrected chi connectivity index (χ1v) is 10.9. The fourth-order valence-electron chi connectivity index (χ4n) is 4.38. The molecule has 2 aliphatic heterocycles. The summed E-state index contributed by atoms with van der Waals surface area (Å²) in [5.41, 5.74) is -1.01. The van der Waals surface area contributed by atoms with E-state index in [0.717, 1.165) is 16.1 Å². The molecule has 2 aliphatic rings. The maximum Gasteiger partial charge on any atom is 0.419 e. The SMILES string of the molecule is O=C(Nc1ccc(C(F)(F)F)c(F)c1)N1CCC2(CC1)CC(CO)c1cccc(Br)c1O2. The number of aliphatic hydroxyl groups is 1. The van der Waals surface area contributed by atoms with Crippen LogP contribution in [0.5, 0.6) is 5.75 Å². The van der Waals surface area contributed by atoms with Gasteiger partial charge in [-0.2, -0.15) is 13.2 Å². The highest BCUT2D eigenvalue weighted by Crippen LogP contribution is 2.48. The minimum atomic E-state index is -4.80. The van der Waals surface area contributed by atoms with Gasteiger partial charge in [-0.25, -0.2) is 9.18 Å². The number of rotatable bonds is 2. The predicted molar refractivity (Wildman–Crippen MR) is 113 cm³/mol. The number of nitrogens with zero attached hydrogens (tertiary/aromatic N) is 1. The van der Waals surface area contributed by atoms with E-state index in [1.807, 2.05) is 18.2 Å². The Morgan fingerprint density at radius 3 is 2.59 bits per heavy atom. The molecule has 1 unspecified atom stereocenters. The number of amides is 2. The minimum Gasteiger partial charge on any atom is -0.486 e. The lowest BCUT2D eigenvalue weighted by Crippen LogP contribution is -2.52. The molecule has 1 fully saturated rings. The Labute approximate surface area is 190 Å². The van der Waals surface area contributed by atoms with Gasteiger partial charge in [0.2, 0.25) is 0 Å². The van der Waals surface area contributed by atoms with E-state index >= 15 is 0 Å². The van der Waals surface area contributed by atoms with Crippen molar-refractivity contribution >= 4 is 27.6 Å². The maximum absolute atomic E-state index is 13.8. The first-order chi connectivity index (χ1) is 15.1. The molecule has 2 aromatic rings. The zero-order valence-corrected chi connectivity index (χ0v) is 18.5. The fraction of sp³-hybridized carbons (Fsp3) is 0.409. The van der Waals surface area contributed by atoms with E-state index in [4.69, 9.17) is 4.74 Å². The number of anilines is 1. The Morgan fingerprint density at radius 1 is 1.25 bits per heavy atom. The number of halogens is 5. The number of piperidine rings is 1. The number of alkyl halides is 3. The number of hydrogen-bond acceptors (Lipinski definition) is 3. The third-order valence-corrected chi connectivity index (χ3v) is 6.71. The van der Waals surface area contributed by atoms with E-state index in [2.05, 4.69) is 21.2 Å². The van der Waals surface area contributed by atoms with Crippen LogP contribution in [0, 0.1) is 5.82 Å². The van der Waals surface area contributed by atoms with Crippen LogP contribution in [0.25, 0.3) is 0 Å². The van der Waals surface area contributed by atoms with Gasteiger partial charge in [-0.1, -0.05) is 12.1 Å². The molecule has 172 valence electrons. The molecule has 0 saturated carbocycles. The molecule has 5 nitrogen and oxygen atoms in total. The quantitative estimate of drug-likeness (QED) is 0.515. The smallest absolute Gasteiger partial charge is 0.419 e. The molecule has 2 heterocycles. The Bertz CT molecular complexity index is 1020. The molecule has 1 spiro atoms. The molecule has 1 saturated heterocycles. The summed E-state index contributed by atoms with van der Waals surface area (Å²) >= 11 is 3.50. The van der Waals surface area contributed by atoms with Crippen molar-refractivity contribution in [1.29, 1.82) is 0 Å². The Kier molecular flexibility index (Phi) is 6.10. The van der Waals surface area contributed by atoms with E-state index in [-0.39, 0.29) is 18.2 Å². The molecule has 0 aromatic heterocycles. The summed E-state index contributed by atoms with van der Waals surface area (Å²) in [5, 5.41) is 12.4. The standard InChI is InChI=1S/C22H21BrF4N2O3/c23-17-3-1-2-15-13(12-30)11-21(32-19(15)17)6-8-29(9-7-21)20(31)28-14-4-5-16(18(24)10-14)22(25,26)27/h1-5,10,13,30H,6-9,11-12H2,(H,28,31). The van der Waals surface area contributed by atoms with Crippen molar-refractivity contribution in [3.05, 3.63) is 57.8 Å². The molecule has 0 radical (unpaired) electrons. The normalized spacial score (nSPS) is 19.9. The Balaban J connectivity index is 1.42. The molecule has 0 aliphatic carbocycles. The number of benzene rings is 2. The summed E-state index contributed by atoms with van der Waals surface area (Å²) in [5.74, 6) is -0.814. The highest BCUT2D eigenvalue weighted by Gasteiger charge is 2.44. The van der Waals surface area contributed by atoms with E-state index in [1.54, 1.807) is 0 Å². The number of aliphatic hydroxyl groups excluding tert-OH is 1. The number of fused-ring (bicyclic) bond motifs is 1. The summed E-state index contributed by atoms with van der Waals surface area (Å²) in [7, 11) is 0. The lowest BCUT2D eigenvalue weighted by Gasteiger charge is -2.46. The number of urea groups is 1. The van der Waals surface area contributed by atoms with Gasteiger partial charge in [0.25, 0.3) is 0 Å². The van der Waals surface area contributed by atoms with Crippen LogP contribution >= 0.6 is 15.9 Å². The van der Waals surface area contributed by atoms with Crippen LogP contribution in [0.2, 0.25) is 0 Å². The molecule has 1 atom stereocenters. The largest absolute Gasteiger partial charge is 0.486 e. The number of hydrogen-bond donors (Lipinski definition) is 2. The number of para-hydroxylation sites is 1. The summed E-state index contributed by atoms with van der Waals surface area (Å²) in [6.45, 7) is 0.692. The van der Waals surface area contributed by atoms with Crippen LogP contribution in [0.1, 0.15) is 36.3 Å². The zero-order chi connectivity index (χ0) is 23.1. The number of likely N-dealkylation sites (tertiary alicyclic amines) is 1. The van der Waals surface area contributed by atoms with Crippen LogP contribution < -0.4 is 10.1 Å². The van der Waals surface area contributed by atoms with Gasteiger partial charge in [0, 0.05) is 43.1 Å². The number of ether oxygens (including phenoxy) is 1. The lowest BCUT2D eigenvalue weighted by molar-refractivity contribution is -0.139. The van der Waals surface area contributed by atoms with Crippen LogP contribution in [-0.4, -0.2) is 41.3 Å². The van der Waals surface area contributed by atoms with Gasteiger partial charge in [0.05, 0.1) is 16.6 Å². The second kappa shape index (κ2) is 8.55. The van der Waals surface area contributed by atoms with Gasteiger partial charge in [0.1, 0.15) is 17.2 Å². The van der Waals surface area contributed by atoms with E-state index in [1.165, 1.54) is 4.90 Å². The summed E-state index contributed by atoms with van der Waals surface area (Å²) < 4.78 is 59.1. The topological polar surface area (TPSA) is 61.8 Å². The summed E-state index contributed by atoms with van der Waals surface area (Å²) in [6.07, 6.45) is -3.13. The number of carbonyl (C=O) groups is 1. The lowest BCUT2D eigenvalue weighted by atomic mass is 9.78. The molecule has 2 amide bonds. The van der Waals surface area contributed by atoms with Crippen molar-refractivity contribution in [3.63, 3.8) is 0 Å². The third kappa shape index (κ3) is 4.43. The maximum atomic E-state index is 13.8. The first kappa shape index (κ1) is 22.8. The second-order valence-electron chi connectivity index (χ2n) is 8.14. The van der Waals surface area contributed by atoms with Gasteiger partial charge < -0.3 is 20.1 Å². The Hall–Kier alpha value is -2.33. The van der Waals surface area contributed by atoms with Crippen molar-refractivity contribution in [2.24, 2.45) is 0 Å².